The van der Waals surface area contributed by atoms with Gasteiger partial charge in [-0.1, -0.05) is 12.6 Å². The van der Waals surface area contributed by atoms with Crippen molar-refractivity contribution in [3.8, 4) is 17.4 Å². The number of methoxy groups -OCH3 is 1. The summed E-state index contributed by atoms with van der Waals surface area (Å²) in [5.74, 6) is -0.958. The number of carbonyl (C=O) groups excluding carboxylic acids is 1. The van der Waals surface area contributed by atoms with E-state index in [1.165, 1.54) is 6.08 Å². The first kappa shape index (κ1) is 34.8. The fraction of sp³-hybridized carbons (Fsp3) is 0.355. The topological polar surface area (TPSA) is 142 Å². The van der Waals surface area contributed by atoms with Crippen LogP contribution in [-0.2, 0) is 14.3 Å². The third-order valence-corrected chi connectivity index (χ3v) is 7.11. The molecule has 5 rings (SSSR count). The zero-order valence-corrected chi connectivity index (χ0v) is 25.9. The molecule has 13 nitrogen and oxygen atoms in total. The molecule has 0 radical (unpaired) electrons. The Morgan fingerprint density at radius 2 is 1.68 bits per heavy atom. The summed E-state index contributed by atoms with van der Waals surface area (Å²) in [5, 5.41) is 13.2. The van der Waals surface area contributed by atoms with E-state index in [9.17, 15) is 18.0 Å². The zero-order valence-electron chi connectivity index (χ0n) is 25.9. The van der Waals surface area contributed by atoms with E-state index >= 15 is 0 Å². The number of amides is 1. The van der Waals surface area contributed by atoms with Gasteiger partial charge >= 0.3 is 12.1 Å². The summed E-state index contributed by atoms with van der Waals surface area (Å²) < 4.78 is 49.3. The van der Waals surface area contributed by atoms with Crippen molar-refractivity contribution in [3.05, 3.63) is 61.3 Å². The summed E-state index contributed by atoms with van der Waals surface area (Å²) in [6.45, 7) is 10.1. The number of morpholine rings is 1. The number of anilines is 5. The average molecular weight is 660 g/mol. The number of aromatic nitrogens is 2. The van der Waals surface area contributed by atoms with Gasteiger partial charge in [0.25, 0.3) is 0 Å². The van der Waals surface area contributed by atoms with Gasteiger partial charge in [0.2, 0.25) is 17.7 Å². The number of nitrogens with zero attached hydrogens (tertiary/aromatic N) is 5. The van der Waals surface area contributed by atoms with Gasteiger partial charge in [0.05, 0.1) is 32.2 Å². The highest BCUT2D eigenvalue weighted by molar-refractivity contribution is 5.98. The zero-order chi connectivity index (χ0) is 34.0. The van der Waals surface area contributed by atoms with Crippen molar-refractivity contribution in [1.29, 1.82) is 0 Å². The molecule has 0 atom stereocenters. The largest absolute Gasteiger partial charge is 0.495 e. The Morgan fingerprint density at radius 1 is 1.00 bits per heavy atom. The molecule has 252 valence electrons. The highest BCUT2D eigenvalue weighted by Crippen LogP contribution is 2.35. The van der Waals surface area contributed by atoms with Gasteiger partial charge in [-0.25, -0.2) is 9.78 Å². The van der Waals surface area contributed by atoms with Gasteiger partial charge in [0, 0.05) is 62.8 Å². The Morgan fingerprint density at radius 3 is 2.32 bits per heavy atom. The van der Waals surface area contributed by atoms with Crippen molar-refractivity contribution < 1.29 is 42.1 Å². The third kappa shape index (κ3) is 9.95. The molecular weight excluding hydrogens is 623 g/mol. The molecule has 3 heterocycles. The van der Waals surface area contributed by atoms with Crippen LogP contribution in [0.15, 0.2) is 61.3 Å². The van der Waals surface area contributed by atoms with Gasteiger partial charge in [-0.15, -0.1) is 0 Å². The van der Waals surface area contributed by atoms with Crippen LogP contribution in [0.5, 0.6) is 17.4 Å². The number of benzene rings is 2. The highest BCUT2D eigenvalue weighted by atomic mass is 19.4. The van der Waals surface area contributed by atoms with E-state index < -0.39 is 12.1 Å². The smallest absolute Gasteiger partial charge is 0.490 e. The van der Waals surface area contributed by atoms with Gasteiger partial charge in [0.1, 0.15) is 17.2 Å². The van der Waals surface area contributed by atoms with E-state index in [2.05, 4.69) is 50.0 Å². The van der Waals surface area contributed by atoms with Gasteiger partial charge in [-0.05, 0) is 37.4 Å². The number of piperazine rings is 1. The lowest BCUT2D eigenvalue weighted by molar-refractivity contribution is -0.192. The van der Waals surface area contributed by atoms with Crippen molar-refractivity contribution in [1.82, 2.24) is 14.9 Å². The van der Waals surface area contributed by atoms with Crippen LogP contribution in [0.1, 0.15) is 0 Å². The number of carbonyl (C=O) groups is 2. The molecule has 2 saturated heterocycles. The highest BCUT2D eigenvalue weighted by Gasteiger charge is 2.38. The Labute approximate surface area is 269 Å². The summed E-state index contributed by atoms with van der Waals surface area (Å²) in [7, 11) is 3.82. The molecule has 16 heteroatoms. The third-order valence-electron chi connectivity index (χ3n) is 7.11. The number of likely N-dealkylation sites (N-methyl/N-ethyl adjacent to an activating group) is 1. The van der Waals surface area contributed by atoms with E-state index in [1.807, 2.05) is 18.2 Å². The number of hydrogen-bond acceptors (Lipinski definition) is 11. The fourth-order valence-corrected chi connectivity index (χ4v) is 4.65. The van der Waals surface area contributed by atoms with Crippen molar-refractivity contribution >= 4 is 40.6 Å². The van der Waals surface area contributed by atoms with Crippen molar-refractivity contribution in [3.63, 3.8) is 0 Å². The second-order valence-electron chi connectivity index (χ2n) is 10.4. The number of alkyl halides is 3. The molecule has 1 amide bonds. The minimum absolute atomic E-state index is 0.297. The lowest BCUT2D eigenvalue weighted by Crippen LogP contribution is -2.44. The van der Waals surface area contributed by atoms with Crippen LogP contribution in [0, 0.1) is 0 Å². The average Bonchev–Trinajstić information content (AvgIpc) is 3.05. The molecule has 2 aliphatic rings. The molecule has 0 bridgehead atoms. The van der Waals surface area contributed by atoms with Gasteiger partial charge < -0.3 is 44.7 Å². The molecule has 0 saturated carbocycles. The van der Waals surface area contributed by atoms with Gasteiger partial charge in [-0.2, -0.15) is 18.2 Å². The Hall–Kier alpha value is -5.09. The van der Waals surface area contributed by atoms with Crippen LogP contribution in [0.2, 0.25) is 0 Å². The maximum atomic E-state index is 11.8. The van der Waals surface area contributed by atoms with Crippen LogP contribution in [0.3, 0.4) is 0 Å². The van der Waals surface area contributed by atoms with Crippen molar-refractivity contribution in [2.45, 2.75) is 6.18 Å². The number of ether oxygens (including phenoxy) is 3. The minimum Gasteiger partial charge on any atom is -0.495 e. The molecule has 3 N–H and O–H groups in total. The van der Waals surface area contributed by atoms with Crippen LogP contribution in [-0.4, -0.2) is 105 Å². The number of rotatable bonds is 9. The molecule has 0 unspecified atom stereocenters. The second-order valence-corrected chi connectivity index (χ2v) is 10.4. The van der Waals surface area contributed by atoms with E-state index in [-0.39, 0.29) is 5.91 Å². The van der Waals surface area contributed by atoms with Crippen LogP contribution < -0.4 is 29.9 Å². The summed E-state index contributed by atoms with van der Waals surface area (Å²) in [6.07, 6.45) is -2.10. The number of carboxylic acids is 1. The maximum absolute atomic E-state index is 11.8. The fourth-order valence-electron chi connectivity index (χ4n) is 4.65. The summed E-state index contributed by atoms with van der Waals surface area (Å²) in [6, 6.07) is 13.2. The summed E-state index contributed by atoms with van der Waals surface area (Å²) >= 11 is 0. The molecule has 2 aliphatic heterocycles. The van der Waals surface area contributed by atoms with E-state index in [4.69, 9.17) is 29.1 Å². The van der Waals surface area contributed by atoms with Crippen molar-refractivity contribution in [2.24, 2.45) is 0 Å². The summed E-state index contributed by atoms with van der Waals surface area (Å²) in [4.78, 5) is 36.8. The molecule has 2 aromatic carbocycles. The standard InChI is InChI=1S/C29H35N7O4.C2HF3O2/c1-4-27(37)31-21-6-5-7-23(18-21)40-28-25(36-14-16-39-17-15-36)20-30-29(33-28)32-22-8-9-24(26(19-22)38-3)35-12-10-34(2)11-13-35;3-2(4,5)1(6)7/h4-9,18-20H,1,10-17H2,2-3H3,(H,31,37)(H,30,32,33);(H,6,7). The molecule has 47 heavy (non-hydrogen) atoms. The first-order valence-corrected chi connectivity index (χ1v) is 14.6. The van der Waals surface area contributed by atoms with Crippen LogP contribution in [0.4, 0.5) is 41.9 Å². The maximum Gasteiger partial charge on any atom is 0.490 e. The number of halogens is 3. The lowest BCUT2D eigenvalue weighted by atomic mass is 10.2. The quantitative estimate of drug-likeness (QED) is 0.281. The molecule has 0 aliphatic carbocycles. The molecule has 2 fully saturated rings. The number of nitrogens with one attached hydrogen (secondary N) is 2. The molecule has 0 spiro atoms. The van der Waals surface area contributed by atoms with Crippen LogP contribution >= 0.6 is 0 Å². The molecule has 1 aromatic heterocycles. The van der Waals surface area contributed by atoms with Crippen LogP contribution in [0.25, 0.3) is 0 Å². The van der Waals surface area contributed by atoms with Gasteiger partial charge in [0.15, 0.2) is 0 Å². The first-order valence-electron chi connectivity index (χ1n) is 14.6. The summed E-state index contributed by atoms with van der Waals surface area (Å²) in [5.41, 5.74) is 3.22. The normalized spacial score (nSPS) is 15.2. The lowest BCUT2D eigenvalue weighted by Gasteiger charge is -2.34. The number of hydrogen-bond donors (Lipinski definition) is 3. The first-order chi connectivity index (χ1) is 22.5. The molecule has 3 aromatic rings. The SMILES string of the molecule is C=CC(=O)Nc1cccc(Oc2nc(Nc3ccc(N4CCN(C)CC4)c(OC)c3)ncc2N2CCOCC2)c1.O=C(O)C(F)(F)F. The van der Waals surface area contributed by atoms with Crippen molar-refractivity contribution in [2.75, 3.05) is 87.1 Å². The Balaban J connectivity index is 0.000000644. The van der Waals surface area contributed by atoms with Gasteiger partial charge in [-0.3, -0.25) is 4.79 Å². The number of carboxylic acid groups (broad SMARTS) is 1. The predicted octanol–water partition coefficient (Wildman–Crippen LogP) is 4.37. The number of aliphatic carboxylic acids is 1. The van der Waals surface area contributed by atoms with E-state index in [0.29, 0.717) is 49.6 Å². The van der Waals surface area contributed by atoms with E-state index in [1.54, 1.807) is 31.5 Å². The monoisotopic (exact) mass is 659 g/mol. The van der Waals surface area contributed by atoms with E-state index in [0.717, 1.165) is 49.0 Å². The Bertz CT molecular complexity index is 1540. The second kappa shape index (κ2) is 16.0. The Kier molecular flexibility index (Phi) is 11.8. The predicted molar refractivity (Wildman–Crippen MR) is 170 cm³/mol. The minimum atomic E-state index is -5.08. The molecular formula is C31H36F3N7O6.